The quantitative estimate of drug-likeness (QED) is 0.395. The Morgan fingerprint density at radius 3 is 2.52 bits per heavy atom. The van der Waals surface area contributed by atoms with Crippen LogP contribution in [0.15, 0.2) is 74.5 Å². The number of halogens is 1. The fourth-order valence-electron chi connectivity index (χ4n) is 3.38. The summed E-state index contributed by atoms with van der Waals surface area (Å²) in [5.41, 5.74) is 1.77. The van der Waals surface area contributed by atoms with Crippen LogP contribution in [0.4, 0.5) is 0 Å². The van der Waals surface area contributed by atoms with Crippen LogP contribution in [0.2, 0.25) is 5.02 Å². The van der Waals surface area contributed by atoms with E-state index in [4.69, 9.17) is 25.2 Å². The molecule has 0 aliphatic rings. The summed E-state index contributed by atoms with van der Waals surface area (Å²) in [5, 5.41) is 3.38. The molecule has 2 heterocycles. The van der Waals surface area contributed by atoms with Crippen LogP contribution in [-0.4, -0.2) is 12.5 Å². The Bertz CT molecular complexity index is 1330. The van der Waals surface area contributed by atoms with E-state index in [-0.39, 0.29) is 35.5 Å². The largest absolute Gasteiger partial charge is 0.476 e. The number of nitrogens with one attached hydrogen (secondary N) is 1. The smallest absolute Gasteiger partial charge is 0.258 e. The second-order valence-corrected chi connectivity index (χ2v) is 9.14. The van der Waals surface area contributed by atoms with Gasteiger partial charge in [-0.15, -0.1) is 0 Å². The highest BCUT2D eigenvalue weighted by Gasteiger charge is 2.20. The molecule has 33 heavy (non-hydrogen) atoms. The molecule has 6 nitrogen and oxygen atoms in total. The number of hydrogen-bond acceptors (Lipinski definition) is 5. The van der Waals surface area contributed by atoms with Crippen LogP contribution in [0.5, 0.6) is 5.75 Å². The number of amides is 1. The number of hydrogen-bond donors (Lipinski definition) is 1. The average Bonchev–Trinajstić information content (AvgIpc) is 3.30. The van der Waals surface area contributed by atoms with Gasteiger partial charge in [0.1, 0.15) is 11.3 Å². The molecule has 4 aromatic rings. The Morgan fingerprint density at radius 1 is 1.09 bits per heavy atom. The molecule has 0 saturated heterocycles. The van der Waals surface area contributed by atoms with Crippen molar-refractivity contribution in [2.45, 2.75) is 32.7 Å². The Balaban J connectivity index is 1.67. The third-order valence-electron chi connectivity index (χ3n) is 5.21. The number of fused-ring (bicyclic) bond motifs is 1. The first-order chi connectivity index (χ1) is 15.7. The van der Waals surface area contributed by atoms with Crippen molar-refractivity contribution in [3.63, 3.8) is 0 Å². The molecule has 170 valence electrons. The lowest BCUT2D eigenvalue weighted by Crippen LogP contribution is -2.29. The Labute approximate surface area is 196 Å². The highest BCUT2D eigenvalue weighted by molar-refractivity contribution is 6.31. The number of furan rings is 1. The van der Waals surface area contributed by atoms with Crippen LogP contribution in [0.25, 0.3) is 22.3 Å². The molecule has 0 bridgehead atoms. The van der Waals surface area contributed by atoms with Gasteiger partial charge in [-0.25, -0.2) is 0 Å². The lowest BCUT2D eigenvalue weighted by atomic mass is 9.86. The van der Waals surface area contributed by atoms with Crippen LogP contribution in [0, 0.1) is 0 Å². The Morgan fingerprint density at radius 2 is 1.85 bits per heavy atom. The summed E-state index contributed by atoms with van der Waals surface area (Å²) in [6.45, 7) is 6.23. The molecule has 2 aromatic carbocycles. The normalized spacial score (nSPS) is 11.5. The van der Waals surface area contributed by atoms with E-state index in [0.29, 0.717) is 21.9 Å². The van der Waals surface area contributed by atoms with Crippen molar-refractivity contribution in [2.75, 3.05) is 6.61 Å². The van der Waals surface area contributed by atoms with Gasteiger partial charge in [-0.3, -0.25) is 9.59 Å². The van der Waals surface area contributed by atoms with E-state index in [2.05, 4.69) is 26.1 Å². The van der Waals surface area contributed by atoms with E-state index in [1.54, 1.807) is 24.3 Å². The third kappa shape index (κ3) is 5.12. The Kier molecular flexibility index (Phi) is 6.29. The molecule has 1 N–H and O–H groups in total. The van der Waals surface area contributed by atoms with Crippen LogP contribution in [0.3, 0.4) is 0 Å². The minimum atomic E-state index is -0.397. The van der Waals surface area contributed by atoms with Crippen molar-refractivity contribution in [3.8, 4) is 17.1 Å². The van der Waals surface area contributed by atoms with Crippen molar-refractivity contribution in [3.05, 3.63) is 87.4 Å². The maximum absolute atomic E-state index is 13.3. The SMILES string of the molecule is CC(C)(C)c1ccc(-c2oc3ccc(Cl)cc3c(=O)c2OCC(=O)NCc2ccco2)cc1. The van der Waals surface area contributed by atoms with Gasteiger partial charge in [0, 0.05) is 10.6 Å². The number of benzene rings is 2. The molecule has 0 aliphatic carbocycles. The number of carbonyl (C=O) groups is 1. The molecule has 7 heteroatoms. The van der Waals surface area contributed by atoms with Gasteiger partial charge in [0.25, 0.3) is 5.91 Å². The van der Waals surface area contributed by atoms with Gasteiger partial charge in [0.15, 0.2) is 12.4 Å². The van der Waals surface area contributed by atoms with Gasteiger partial charge < -0.3 is 18.9 Å². The van der Waals surface area contributed by atoms with E-state index in [1.807, 2.05) is 24.3 Å². The fourth-order valence-corrected chi connectivity index (χ4v) is 3.55. The van der Waals surface area contributed by atoms with E-state index in [9.17, 15) is 9.59 Å². The zero-order valence-corrected chi connectivity index (χ0v) is 19.4. The molecular weight excluding hydrogens is 442 g/mol. The van der Waals surface area contributed by atoms with E-state index < -0.39 is 11.3 Å². The summed E-state index contributed by atoms with van der Waals surface area (Å²) in [6.07, 6.45) is 1.53. The monoisotopic (exact) mass is 465 g/mol. The Hall–Kier alpha value is -3.51. The minimum Gasteiger partial charge on any atom is -0.476 e. The summed E-state index contributed by atoms with van der Waals surface area (Å²) >= 11 is 6.08. The van der Waals surface area contributed by atoms with Crippen LogP contribution in [0.1, 0.15) is 32.1 Å². The van der Waals surface area contributed by atoms with E-state index in [1.165, 1.54) is 12.3 Å². The highest BCUT2D eigenvalue weighted by atomic mass is 35.5. The number of ether oxygens (including phenoxy) is 1. The molecular formula is C26H24ClNO5. The fraction of sp³-hybridized carbons (Fsp3) is 0.231. The topological polar surface area (TPSA) is 81.7 Å². The first kappa shape index (κ1) is 22.7. The zero-order valence-electron chi connectivity index (χ0n) is 18.6. The summed E-state index contributed by atoms with van der Waals surface area (Å²) in [4.78, 5) is 25.6. The van der Waals surface area contributed by atoms with Crippen LogP contribution >= 0.6 is 11.6 Å². The number of rotatable bonds is 6. The summed E-state index contributed by atoms with van der Waals surface area (Å²) in [7, 11) is 0. The van der Waals surface area contributed by atoms with Gasteiger partial charge in [0.05, 0.1) is 18.2 Å². The molecule has 4 rings (SSSR count). The van der Waals surface area contributed by atoms with Crippen molar-refractivity contribution in [2.24, 2.45) is 0 Å². The predicted molar refractivity (Wildman–Crippen MR) is 128 cm³/mol. The molecule has 0 saturated carbocycles. The van der Waals surface area contributed by atoms with Gasteiger partial charge in [-0.05, 0) is 41.3 Å². The first-order valence-electron chi connectivity index (χ1n) is 10.5. The standard InChI is InChI=1S/C26H24ClNO5/c1-26(2,3)17-8-6-16(7-9-17)24-25(23(30)20-13-18(27)10-11-21(20)33-24)32-15-22(29)28-14-19-5-4-12-31-19/h4-13H,14-15H2,1-3H3,(H,28,29). The minimum absolute atomic E-state index is 0.0229. The second-order valence-electron chi connectivity index (χ2n) is 8.70. The maximum atomic E-state index is 13.3. The molecule has 0 unspecified atom stereocenters. The number of carbonyl (C=O) groups excluding carboxylic acids is 1. The van der Waals surface area contributed by atoms with E-state index >= 15 is 0 Å². The molecule has 2 aromatic heterocycles. The summed E-state index contributed by atoms with van der Waals surface area (Å²) < 4.78 is 17.0. The zero-order chi connectivity index (χ0) is 23.6. The second kappa shape index (κ2) is 9.16. The third-order valence-corrected chi connectivity index (χ3v) is 5.45. The maximum Gasteiger partial charge on any atom is 0.258 e. The van der Waals surface area contributed by atoms with Gasteiger partial charge in [0.2, 0.25) is 11.2 Å². The van der Waals surface area contributed by atoms with Crippen molar-refractivity contribution in [1.82, 2.24) is 5.32 Å². The van der Waals surface area contributed by atoms with Gasteiger partial charge >= 0.3 is 0 Å². The molecule has 1 amide bonds. The molecule has 0 atom stereocenters. The van der Waals surface area contributed by atoms with Gasteiger partial charge in [-0.1, -0.05) is 56.6 Å². The van der Waals surface area contributed by atoms with Crippen molar-refractivity contribution in [1.29, 1.82) is 0 Å². The molecule has 0 radical (unpaired) electrons. The predicted octanol–water partition coefficient (Wildman–Crippen LogP) is 5.70. The average molecular weight is 466 g/mol. The lowest BCUT2D eigenvalue weighted by molar-refractivity contribution is -0.123. The summed E-state index contributed by atoms with van der Waals surface area (Å²) in [5.74, 6) is 0.435. The lowest BCUT2D eigenvalue weighted by Gasteiger charge is -2.19. The van der Waals surface area contributed by atoms with Crippen molar-refractivity contribution >= 4 is 28.5 Å². The van der Waals surface area contributed by atoms with E-state index in [0.717, 1.165) is 5.56 Å². The van der Waals surface area contributed by atoms with Crippen molar-refractivity contribution < 1.29 is 18.4 Å². The molecule has 0 aliphatic heterocycles. The molecule has 0 fully saturated rings. The summed E-state index contributed by atoms with van der Waals surface area (Å²) in [6, 6.07) is 16.0. The van der Waals surface area contributed by atoms with Gasteiger partial charge in [-0.2, -0.15) is 0 Å². The van der Waals surface area contributed by atoms with Crippen LogP contribution in [-0.2, 0) is 16.8 Å². The highest BCUT2D eigenvalue weighted by Crippen LogP contribution is 2.33. The molecule has 0 spiro atoms. The van der Waals surface area contributed by atoms with Crippen LogP contribution < -0.4 is 15.5 Å². The first-order valence-corrected chi connectivity index (χ1v) is 10.9.